The molecule has 0 aliphatic heterocycles. The van der Waals surface area contributed by atoms with Gasteiger partial charge in [0, 0.05) is 16.1 Å². The lowest BCUT2D eigenvalue weighted by Crippen LogP contribution is -2.46. The summed E-state index contributed by atoms with van der Waals surface area (Å²) < 4.78 is 0. The maximum atomic E-state index is 12.1. The van der Waals surface area contributed by atoms with E-state index in [1.165, 1.54) is 0 Å². The van der Waals surface area contributed by atoms with Crippen molar-refractivity contribution in [2.45, 2.75) is 51.5 Å². The Kier molecular flexibility index (Phi) is 9.44. The number of aliphatic carboxylic acids is 2. The Hall–Kier alpha value is -2.00. The molecule has 0 radical (unpaired) electrons. The number of carbonyl (C=O) groups is 3. The van der Waals surface area contributed by atoms with E-state index >= 15 is 0 Å². The molecule has 0 aliphatic rings. The van der Waals surface area contributed by atoms with Crippen LogP contribution in [-0.2, 0) is 9.59 Å². The van der Waals surface area contributed by atoms with Gasteiger partial charge in [0.2, 0.25) is 0 Å². The molecule has 1 aromatic rings. The lowest BCUT2D eigenvalue weighted by Gasteiger charge is -2.25. The van der Waals surface area contributed by atoms with Gasteiger partial charge in [-0.25, -0.2) is 9.59 Å². The van der Waals surface area contributed by atoms with Crippen LogP contribution in [0.1, 0.15) is 38.1 Å². The molecule has 0 aliphatic carbocycles. The lowest BCUT2D eigenvalue weighted by atomic mass is 10.0. The summed E-state index contributed by atoms with van der Waals surface area (Å²) in [7, 11) is 0. The van der Waals surface area contributed by atoms with E-state index in [1.807, 2.05) is 27.7 Å². The van der Waals surface area contributed by atoms with Crippen molar-refractivity contribution in [1.82, 2.24) is 5.32 Å². The molecule has 0 fully saturated rings. The summed E-state index contributed by atoms with van der Waals surface area (Å²) >= 11 is 5.85. The van der Waals surface area contributed by atoms with Gasteiger partial charge in [-0.2, -0.15) is 0 Å². The molecule has 0 amide bonds. The number of nitrogens with one attached hydrogen (secondary N) is 1. The number of carboxylic acid groups (broad SMARTS) is 2. The SMILES string of the molecule is C[C@H](NC(C)(C)C)C(=O)c1cccc(Cl)c1.O=C(O)[C@H](O)[C@@H](O)C(=O)O. The molecule has 5 N–H and O–H groups in total. The molecule has 0 aromatic heterocycles. The first-order valence-corrected chi connectivity index (χ1v) is 8.03. The van der Waals surface area contributed by atoms with Crippen LogP contribution in [0.3, 0.4) is 0 Å². The van der Waals surface area contributed by atoms with Gasteiger partial charge in [-0.05, 0) is 39.8 Å². The predicted octanol–water partition coefficient (Wildman–Crippen LogP) is 1.18. The molecule has 0 saturated carbocycles. The van der Waals surface area contributed by atoms with Crippen molar-refractivity contribution in [2.24, 2.45) is 0 Å². The maximum Gasteiger partial charge on any atom is 0.335 e. The van der Waals surface area contributed by atoms with Crippen molar-refractivity contribution in [3.05, 3.63) is 34.9 Å². The number of aliphatic hydroxyl groups is 2. The van der Waals surface area contributed by atoms with Crippen molar-refractivity contribution >= 4 is 29.3 Å². The largest absolute Gasteiger partial charge is 0.479 e. The van der Waals surface area contributed by atoms with Crippen LogP contribution in [0.25, 0.3) is 0 Å². The normalized spacial score (nSPS) is 14.4. The summed E-state index contributed by atoms with van der Waals surface area (Å²) in [5.41, 5.74) is 0.574. The van der Waals surface area contributed by atoms with Crippen LogP contribution >= 0.6 is 11.6 Å². The Balaban J connectivity index is 0.000000541. The van der Waals surface area contributed by atoms with Crippen LogP contribution < -0.4 is 5.32 Å². The van der Waals surface area contributed by atoms with Crippen LogP contribution in [0.5, 0.6) is 0 Å². The predicted molar refractivity (Wildman–Crippen MR) is 95.4 cm³/mol. The van der Waals surface area contributed by atoms with Gasteiger partial charge in [-0.1, -0.05) is 23.7 Å². The Morgan fingerprint density at radius 1 is 1.04 bits per heavy atom. The van der Waals surface area contributed by atoms with E-state index in [0.29, 0.717) is 10.6 Å². The van der Waals surface area contributed by atoms with Gasteiger partial charge >= 0.3 is 11.9 Å². The second-order valence-electron chi connectivity index (χ2n) is 6.56. The number of hydrogen-bond donors (Lipinski definition) is 5. The van der Waals surface area contributed by atoms with Crippen molar-refractivity contribution in [2.75, 3.05) is 0 Å². The average Bonchev–Trinajstić information content (AvgIpc) is 2.51. The van der Waals surface area contributed by atoms with Gasteiger partial charge in [0.25, 0.3) is 0 Å². The summed E-state index contributed by atoms with van der Waals surface area (Å²) in [4.78, 5) is 31.6. The monoisotopic (exact) mass is 389 g/mol. The van der Waals surface area contributed by atoms with E-state index in [-0.39, 0.29) is 17.4 Å². The molecule has 0 bridgehead atoms. The van der Waals surface area contributed by atoms with E-state index in [1.54, 1.807) is 24.3 Å². The fraction of sp³-hybridized carbons (Fsp3) is 0.471. The standard InChI is InChI=1S/C13H18ClNO.C4H6O6/c1-9(15-13(2,3)4)12(16)10-6-5-7-11(14)8-10;5-1(3(7)8)2(6)4(9)10/h5-9,15H,1-4H3;1-2,5-6H,(H,7,8)(H,9,10)/t9-;1-,2-/m01/s1. The van der Waals surface area contributed by atoms with E-state index < -0.39 is 24.1 Å². The first-order valence-electron chi connectivity index (χ1n) is 7.65. The number of halogens is 1. The average molecular weight is 390 g/mol. The lowest BCUT2D eigenvalue weighted by molar-refractivity contribution is -0.165. The Morgan fingerprint density at radius 2 is 1.50 bits per heavy atom. The smallest absolute Gasteiger partial charge is 0.335 e. The molecule has 9 heteroatoms. The van der Waals surface area contributed by atoms with Crippen molar-refractivity contribution in [3.63, 3.8) is 0 Å². The number of carboxylic acids is 2. The Morgan fingerprint density at radius 3 is 1.85 bits per heavy atom. The van der Waals surface area contributed by atoms with Gasteiger partial charge < -0.3 is 25.7 Å². The van der Waals surface area contributed by atoms with Gasteiger partial charge in [-0.3, -0.25) is 4.79 Å². The number of hydrogen-bond acceptors (Lipinski definition) is 6. The summed E-state index contributed by atoms with van der Waals surface area (Å²) in [5.74, 6) is -3.47. The van der Waals surface area contributed by atoms with E-state index in [9.17, 15) is 14.4 Å². The number of carbonyl (C=O) groups excluding carboxylic acids is 1. The molecule has 0 saturated heterocycles. The minimum absolute atomic E-state index is 0.0671. The number of benzene rings is 1. The molecule has 0 unspecified atom stereocenters. The maximum absolute atomic E-state index is 12.1. The molecular formula is C17H24ClNO7. The number of Topliss-reactive ketones (excluding diaryl/α,β-unsaturated/α-hetero) is 1. The fourth-order valence-corrected chi connectivity index (χ4v) is 2.07. The molecule has 26 heavy (non-hydrogen) atoms. The van der Waals surface area contributed by atoms with Crippen molar-refractivity contribution in [1.29, 1.82) is 0 Å². The highest BCUT2D eigenvalue weighted by molar-refractivity contribution is 6.31. The molecule has 3 atom stereocenters. The van der Waals surface area contributed by atoms with E-state index in [2.05, 4.69) is 5.32 Å². The zero-order valence-corrected chi connectivity index (χ0v) is 15.7. The molecule has 146 valence electrons. The summed E-state index contributed by atoms with van der Waals surface area (Å²) in [6, 6.07) is 6.83. The summed E-state index contributed by atoms with van der Waals surface area (Å²) in [5, 5.41) is 36.4. The van der Waals surface area contributed by atoms with Gasteiger partial charge in [-0.15, -0.1) is 0 Å². The topological polar surface area (TPSA) is 144 Å². The first-order chi connectivity index (χ1) is 11.8. The van der Waals surface area contributed by atoms with Crippen LogP contribution in [0.4, 0.5) is 0 Å². The molecule has 0 spiro atoms. The molecular weight excluding hydrogens is 366 g/mol. The van der Waals surface area contributed by atoms with Crippen molar-refractivity contribution in [3.8, 4) is 0 Å². The Bertz CT molecular complexity index is 624. The third-order valence-corrected chi connectivity index (χ3v) is 3.19. The van der Waals surface area contributed by atoms with E-state index in [4.69, 9.17) is 32.0 Å². The second-order valence-corrected chi connectivity index (χ2v) is 6.99. The highest BCUT2D eigenvalue weighted by Crippen LogP contribution is 2.13. The zero-order chi connectivity index (χ0) is 20.7. The highest BCUT2D eigenvalue weighted by atomic mass is 35.5. The first kappa shape index (κ1) is 24.0. The van der Waals surface area contributed by atoms with Crippen LogP contribution in [-0.4, -0.2) is 61.9 Å². The molecule has 1 aromatic carbocycles. The summed E-state index contributed by atoms with van der Waals surface area (Å²) in [6.07, 6.45) is -4.53. The summed E-state index contributed by atoms with van der Waals surface area (Å²) in [6.45, 7) is 7.98. The van der Waals surface area contributed by atoms with Crippen LogP contribution in [0.15, 0.2) is 24.3 Å². The number of rotatable bonds is 6. The zero-order valence-electron chi connectivity index (χ0n) is 14.9. The van der Waals surface area contributed by atoms with Gasteiger partial charge in [0.1, 0.15) is 0 Å². The molecule has 8 nitrogen and oxygen atoms in total. The quantitative estimate of drug-likeness (QED) is 0.456. The number of ketones is 1. The minimum atomic E-state index is -2.27. The van der Waals surface area contributed by atoms with Gasteiger partial charge in [0.05, 0.1) is 6.04 Å². The third-order valence-electron chi connectivity index (χ3n) is 2.96. The highest BCUT2D eigenvalue weighted by Gasteiger charge is 2.29. The minimum Gasteiger partial charge on any atom is -0.479 e. The fourth-order valence-electron chi connectivity index (χ4n) is 1.88. The van der Waals surface area contributed by atoms with E-state index in [0.717, 1.165) is 0 Å². The molecule has 1 rings (SSSR count). The Labute approximate surface area is 156 Å². The van der Waals surface area contributed by atoms with Crippen LogP contribution in [0.2, 0.25) is 5.02 Å². The van der Waals surface area contributed by atoms with Gasteiger partial charge in [0.15, 0.2) is 18.0 Å². The second kappa shape index (κ2) is 10.2. The van der Waals surface area contributed by atoms with Crippen LogP contribution in [0, 0.1) is 0 Å². The van der Waals surface area contributed by atoms with Crippen molar-refractivity contribution < 1.29 is 34.8 Å². The third kappa shape index (κ3) is 8.91. The molecule has 0 heterocycles. The number of aliphatic hydroxyl groups excluding tert-OH is 2.